The van der Waals surface area contributed by atoms with Gasteiger partial charge in [-0.3, -0.25) is 4.79 Å². The summed E-state index contributed by atoms with van der Waals surface area (Å²) in [4.78, 5) is 11.1. The fraction of sp³-hybridized carbons (Fsp3) is 0.364. The fourth-order valence-electron chi connectivity index (χ4n) is 1.15. The van der Waals surface area contributed by atoms with Crippen LogP contribution in [0, 0.1) is 5.92 Å². The average molecular weight is 228 g/mol. The zero-order valence-electron chi connectivity index (χ0n) is 8.79. The molecule has 1 aromatic carbocycles. The molecule has 1 atom stereocenters. The molecule has 1 rings (SSSR count). The third kappa shape index (κ3) is 3.80. The van der Waals surface area contributed by atoms with E-state index in [1.807, 2.05) is 25.1 Å². The summed E-state index contributed by atoms with van der Waals surface area (Å²) in [6.45, 7) is 2.34. The van der Waals surface area contributed by atoms with Gasteiger partial charge in [0.2, 0.25) is 0 Å². The normalized spacial score (nSPS) is 11.9. The van der Waals surface area contributed by atoms with E-state index in [0.29, 0.717) is 11.6 Å². The van der Waals surface area contributed by atoms with Crippen molar-refractivity contribution < 1.29 is 9.53 Å². The van der Waals surface area contributed by atoms with Crippen molar-refractivity contribution in [1.82, 2.24) is 0 Å². The second kappa shape index (κ2) is 5.61. The Morgan fingerprint density at radius 2 is 2.33 bits per heavy atom. The van der Waals surface area contributed by atoms with Crippen LogP contribution in [0.5, 0.6) is 0 Å². The minimum Gasteiger partial charge on any atom is -0.469 e. The van der Waals surface area contributed by atoms with Gasteiger partial charge in [0.15, 0.2) is 0 Å². The minimum absolute atomic E-state index is 0.172. The van der Waals surface area contributed by atoms with E-state index in [0.717, 1.165) is 5.69 Å². The maximum Gasteiger partial charge on any atom is 0.310 e. The molecule has 1 N–H and O–H groups in total. The minimum atomic E-state index is -0.218. The topological polar surface area (TPSA) is 38.3 Å². The highest BCUT2D eigenvalue weighted by molar-refractivity contribution is 6.30. The van der Waals surface area contributed by atoms with E-state index < -0.39 is 0 Å². The van der Waals surface area contributed by atoms with Gasteiger partial charge < -0.3 is 10.1 Å². The van der Waals surface area contributed by atoms with Gasteiger partial charge in [-0.05, 0) is 18.2 Å². The molecule has 0 saturated carbocycles. The summed E-state index contributed by atoms with van der Waals surface area (Å²) in [5.41, 5.74) is 0.901. The lowest BCUT2D eigenvalue weighted by Gasteiger charge is -2.11. The van der Waals surface area contributed by atoms with Gasteiger partial charge >= 0.3 is 5.97 Å². The van der Waals surface area contributed by atoms with E-state index in [2.05, 4.69) is 10.1 Å². The summed E-state index contributed by atoms with van der Waals surface area (Å²) in [7, 11) is 1.39. The zero-order valence-corrected chi connectivity index (χ0v) is 9.54. The van der Waals surface area contributed by atoms with Crippen LogP contribution in [0.2, 0.25) is 5.02 Å². The number of anilines is 1. The van der Waals surface area contributed by atoms with E-state index in [1.165, 1.54) is 7.11 Å². The molecular formula is C11H14ClNO2. The second-order valence-corrected chi connectivity index (χ2v) is 3.75. The molecule has 15 heavy (non-hydrogen) atoms. The quantitative estimate of drug-likeness (QED) is 0.804. The highest BCUT2D eigenvalue weighted by Crippen LogP contribution is 2.15. The lowest BCUT2D eigenvalue weighted by molar-refractivity contribution is -0.144. The van der Waals surface area contributed by atoms with E-state index >= 15 is 0 Å². The number of nitrogens with one attached hydrogen (secondary N) is 1. The van der Waals surface area contributed by atoms with Gasteiger partial charge in [-0.2, -0.15) is 0 Å². The van der Waals surface area contributed by atoms with Crippen LogP contribution in [0.25, 0.3) is 0 Å². The molecule has 0 saturated heterocycles. The summed E-state index contributed by atoms with van der Waals surface area (Å²) in [5, 5.41) is 3.79. The van der Waals surface area contributed by atoms with Gasteiger partial charge in [0, 0.05) is 17.3 Å². The zero-order chi connectivity index (χ0) is 11.3. The van der Waals surface area contributed by atoms with Crippen LogP contribution in [-0.4, -0.2) is 19.6 Å². The number of ether oxygens (including phenoxy) is 1. The first-order valence-corrected chi connectivity index (χ1v) is 5.08. The number of rotatable bonds is 4. The van der Waals surface area contributed by atoms with Crippen molar-refractivity contribution in [3.05, 3.63) is 29.3 Å². The van der Waals surface area contributed by atoms with Crippen LogP contribution < -0.4 is 5.32 Å². The van der Waals surface area contributed by atoms with E-state index in [9.17, 15) is 4.79 Å². The molecule has 0 bridgehead atoms. The summed E-state index contributed by atoms with van der Waals surface area (Å²) in [6, 6.07) is 7.37. The van der Waals surface area contributed by atoms with Gasteiger partial charge in [-0.1, -0.05) is 24.6 Å². The Bertz CT molecular complexity index is 341. The summed E-state index contributed by atoms with van der Waals surface area (Å²) in [5.74, 6) is -0.390. The second-order valence-electron chi connectivity index (χ2n) is 3.32. The molecule has 0 amide bonds. The molecule has 0 aliphatic carbocycles. The molecule has 1 aromatic rings. The Labute approximate surface area is 94.4 Å². The van der Waals surface area contributed by atoms with Gasteiger partial charge in [-0.25, -0.2) is 0 Å². The van der Waals surface area contributed by atoms with E-state index in [1.54, 1.807) is 6.07 Å². The van der Waals surface area contributed by atoms with Crippen LogP contribution in [-0.2, 0) is 9.53 Å². The number of esters is 1. The van der Waals surface area contributed by atoms with E-state index in [4.69, 9.17) is 11.6 Å². The molecule has 3 nitrogen and oxygen atoms in total. The Morgan fingerprint density at radius 1 is 1.60 bits per heavy atom. The molecule has 1 unspecified atom stereocenters. The molecule has 0 heterocycles. The van der Waals surface area contributed by atoms with Crippen molar-refractivity contribution in [2.24, 2.45) is 5.92 Å². The van der Waals surface area contributed by atoms with Crippen molar-refractivity contribution in [3.63, 3.8) is 0 Å². The van der Waals surface area contributed by atoms with Gasteiger partial charge in [0.25, 0.3) is 0 Å². The number of halogens is 1. The van der Waals surface area contributed by atoms with Gasteiger partial charge in [0.1, 0.15) is 0 Å². The molecule has 0 aromatic heterocycles. The van der Waals surface area contributed by atoms with Crippen molar-refractivity contribution in [3.8, 4) is 0 Å². The lowest BCUT2D eigenvalue weighted by atomic mass is 10.2. The fourth-order valence-corrected chi connectivity index (χ4v) is 1.34. The van der Waals surface area contributed by atoms with Crippen LogP contribution in [0.3, 0.4) is 0 Å². The summed E-state index contributed by atoms with van der Waals surface area (Å²) < 4.78 is 4.62. The predicted molar refractivity (Wildman–Crippen MR) is 61.1 cm³/mol. The maximum absolute atomic E-state index is 11.1. The smallest absolute Gasteiger partial charge is 0.310 e. The van der Waals surface area contributed by atoms with Crippen LogP contribution in [0.1, 0.15) is 6.92 Å². The molecule has 82 valence electrons. The number of methoxy groups -OCH3 is 1. The third-order valence-corrected chi connectivity index (χ3v) is 2.28. The van der Waals surface area contributed by atoms with Crippen molar-refractivity contribution >= 4 is 23.3 Å². The standard InChI is InChI=1S/C11H14ClNO2/c1-8(11(14)15-2)7-13-10-5-3-4-9(12)6-10/h3-6,8,13H,7H2,1-2H3. The Morgan fingerprint density at radius 3 is 2.93 bits per heavy atom. The number of benzene rings is 1. The molecule has 4 heteroatoms. The molecular weight excluding hydrogens is 214 g/mol. The molecule has 0 aliphatic rings. The Hall–Kier alpha value is -1.22. The molecule has 0 aliphatic heterocycles. The monoisotopic (exact) mass is 227 g/mol. The third-order valence-electron chi connectivity index (χ3n) is 2.04. The first-order chi connectivity index (χ1) is 7.13. The lowest BCUT2D eigenvalue weighted by Crippen LogP contribution is -2.21. The largest absolute Gasteiger partial charge is 0.469 e. The summed E-state index contributed by atoms with van der Waals surface area (Å²) in [6.07, 6.45) is 0. The average Bonchev–Trinajstić information content (AvgIpc) is 2.25. The highest BCUT2D eigenvalue weighted by Gasteiger charge is 2.12. The van der Waals surface area contributed by atoms with Crippen LogP contribution in [0.4, 0.5) is 5.69 Å². The SMILES string of the molecule is COC(=O)C(C)CNc1cccc(Cl)c1. The Balaban J connectivity index is 2.47. The van der Waals surface area contributed by atoms with Crippen molar-refractivity contribution in [2.45, 2.75) is 6.92 Å². The highest BCUT2D eigenvalue weighted by atomic mass is 35.5. The number of carbonyl (C=O) groups is 1. The first kappa shape index (κ1) is 11.9. The van der Waals surface area contributed by atoms with Crippen molar-refractivity contribution in [1.29, 1.82) is 0 Å². The van der Waals surface area contributed by atoms with Crippen LogP contribution in [0.15, 0.2) is 24.3 Å². The Kier molecular flexibility index (Phi) is 4.43. The van der Waals surface area contributed by atoms with Crippen molar-refractivity contribution in [2.75, 3.05) is 19.0 Å². The van der Waals surface area contributed by atoms with Gasteiger partial charge in [-0.15, -0.1) is 0 Å². The maximum atomic E-state index is 11.1. The summed E-state index contributed by atoms with van der Waals surface area (Å²) >= 11 is 5.82. The van der Waals surface area contributed by atoms with E-state index in [-0.39, 0.29) is 11.9 Å². The predicted octanol–water partition coefficient (Wildman–Crippen LogP) is 2.56. The molecule has 0 spiro atoms. The van der Waals surface area contributed by atoms with Crippen LogP contribution >= 0.6 is 11.6 Å². The van der Waals surface area contributed by atoms with Gasteiger partial charge in [0.05, 0.1) is 13.0 Å². The number of hydrogen-bond acceptors (Lipinski definition) is 3. The number of carbonyl (C=O) groups excluding carboxylic acids is 1. The molecule has 0 radical (unpaired) electrons. The number of hydrogen-bond donors (Lipinski definition) is 1. The first-order valence-electron chi connectivity index (χ1n) is 4.70. The molecule has 0 fully saturated rings.